The van der Waals surface area contributed by atoms with Crippen molar-refractivity contribution < 1.29 is 4.79 Å². The highest BCUT2D eigenvalue weighted by atomic mass is 16.1. The van der Waals surface area contributed by atoms with Gasteiger partial charge in [0.2, 0.25) is 0 Å². The van der Waals surface area contributed by atoms with Crippen LogP contribution in [0, 0.1) is 5.53 Å². The van der Waals surface area contributed by atoms with E-state index in [9.17, 15) is 4.79 Å². The van der Waals surface area contributed by atoms with E-state index in [1.165, 1.54) is 0 Å². The molecule has 1 atom stereocenters. The molecule has 0 aromatic carbocycles. The zero-order chi connectivity index (χ0) is 7.28. The summed E-state index contributed by atoms with van der Waals surface area (Å²) in [6.45, 7) is 1.82. The van der Waals surface area contributed by atoms with E-state index in [4.69, 9.17) is 11.3 Å². The van der Waals surface area contributed by atoms with Gasteiger partial charge in [0, 0.05) is 12.5 Å². The molecule has 0 aliphatic carbocycles. The van der Waals surface area contributed by atoms with Gasteiger partial charge in [0.15, 0.2) is 0 Å². The van der Waals surface area contributed by atoms with Crippen molar-refractivity contribution in [1.82, 2.24) is 0 Å². The van der Waals surface area contributed by atoms with E-state index < -0.39 is 5.91 Å². The van der Waals surface area contributed by atoms with Gasteiger partial charge in [0.05, 0.1) is 0 Å². The molecule has 0 aromatic rings. The number of nitrogens with one attached hydrogen (secondary N) is 1. The summed E-state index contributed by atoms with van der Waals surface area (Å²) < 4.78 is 0. The normalized spacial score (nSPS) is 12.7. The van der Waals surface area contributed by atoms with Crippen LogP contribution >= 0.6 is 0 Å². The predicted octanol–water partition coefficient (Wildman–Crippen LogP) is 0.671. The number of carbonyl (C=O) groups excluding carboxylic acids is 1. The molecule has 0 unspecified atom stereocenters. The summed E-state index contributed by atoms with van der Waals surface area (Å²) in [5, 5.41) is 2.72. The number of rotatable bonds is 3. The van der Waals surface area contributed by atoms with Crippen molar-refractivity contribution in [3.05, 3.63) is 0 Å². The van der Waals surface area contributed by atoms with Crippen LogP contribution in [0.4, 0.5) is 0 Å². The molecular formula is C5H11N3O. The smallest absolute Gasteiger partial charge is 0.264 e. The van der Waals surface area contributed by atoms with E-state index in [0.717, 1.165) is 0 Å². The zero-order valence-electron chi connectivity index (χ0n) is 5.42. The molecule has 0 heterocycles. The van der Waals surface area contributed by atoms with Gasteiger partial charge in [-0.2, -0.15) is 0 Å². The molecule has 0 bridgehead atoms. The van der Waals surface area contributed by atoms with Crippen LogP contribution < -0.4 is 5.73 Å². The molecule has 4 nitrogen and oxygen atoms in total. The van der Waals surface area contributed by atoms with Crippen molar-refractivity contribution in [3.8, 4) is 0 Å². The lowest BCUT2D eigenvalue weighted by molar-refractivity contribution is -0.118. The van der Waals surface area contributed by atoms with Crippen molar-refractivity contribution in [3.63, 3.8) is 0 Å². The van der Waals surface area contributed by atoms with Gasteiger partial charge in [-0.15, -0.1) is 5.11 Å². The summed E-state index contributed by atoms with van der Waals surface area (Å²) in [7, 11) is 0. The van der Waals surface area contributed by atoms with Gasteiger partial charge in [-0.1, -0.05) is 0 Å². The van der Waals surface area contributed by atoms with Crippen molar-refractivity contribution >= 4 is 5.91 Å². The van der Waals surface area contributed by atoms with E-state index in [2.05, 4.69) is 5.11 Å². The molecule has 9 heavy (non-hydrogen) atoms. The highest BCUT2D eigenvalue weighted by Gasteiger charge is 1.99. The van der Waals surface area contributed by atoms with Crippen LogP contribution in [0.25, 0.3) is 0 Å². The van der Waals surface area contributed by atoms with Crippen molar-refractivity contribution in [1.29, 1.82) is 5.53 Å². The maximum Gasteiger partial charge on any atom is 0.264 e. The lowest BCUT2D eigenvalue weighted by Crippen LogP contribution is -2.15. The molecule has 52 valence electrons. The highest BCUT2D eigenvalue weighted by Crippen LogP contribution is 1.94. The van der Waals surface area contributed by atoms with Crippen LogP contribution in [0.1, 0.15) is 19.8 Å². The van der Waals surface area contributed by atoms with Crippen molar-refractivity contribution in [2.24, 2.45) is 10.8 Å². The minimum absolute atomic E-state index is 0.0238. The average Bonchev–Trinajstić information content (AvgIpc) is 1.83. The Morgan fingerprint density at radius 1 is 1.89 bits per heavy atom. The monoisotopic (exact) mass is 129 g/mol. The third kappa shape index (κ3) is 5.10. The molecule has 3 N–H and O–H groups in total. The first-order valence-electron chi connectivity index (χ1n) is 2.82. The van der Waals surface area contributed by atoms with Gasteiger partial charge in [0.25, 0.3) is 5.91 Å². The van der Waals surface area contributed by atoms with Crippen molar-refractivity contribution in [2.75, 3.05) is 0 Å². The summed E-state index contributed by atoms with van der Waals surface area (Å²) in [5.41, 5.74) is 11.6. The Morgan fingerprint density at radius 2 is 2.44 bits per heavy atom. The summed E-state index contributed by atoms with van der Waals surface area (Å²) >= 11 is 0. The average molecular weight is 129 g/mol. The molecule has 0 saturated heterocycles. The molecule has 1 amide bonds. The van der Waals surface area contributed by atoms with Crippen LogP contribution in [0.2, 0.25) is 0 Å². The second kappa shape index (κ2) is 4.14. The van der Waals surface area contributed by atoms with E-state index >= 15 is 0 Å². The summed E-state index contributed by atoms with van der Waals surface area (Å²) in [6.07, 6.45) is 0.905. The summed E-state index contributed by atoms with van der Waals surface area (Å²) in [4.78, 5) is 10.3. The number of hydrogen-bond acceptors (Lipinski definition) is 3. The topological polar surface area (TPSA) is 79.3 Å². The Labute approximate surface area is 53.9 Å². The van der Waals surface area contributed by atoms with Gasteiger partial charge in [0.1, 0.15) is 0 Å². The highest BCUT2D eigenvalue weighted by molar-refractivity contribution is 5.75. The van der Waals surface area contributed by atoms with E-state index in [1.54, 1.807) is 0 Å². The van der Waals surface area contributed by atoms with Gasteiger partial charge in [-0.25, -0.2) is 5.53 Å². The number of carbonyl (C=O) groups is 1. The zero-order valence-corrected chi connectivity index (χ0v) is 5.42. The van der Waals surface area contributed by atoms with E-state index in [-0.39, 0.29) is 6.04 Å². The first-order chi connectivity index (χ1) is 4.16. The van der Waals surface area contributed by atoms with Gasteiger partial charge in [-0.3, -0.25) is 4.79 Å². The fraction of sp³-hybridized carbons (Fsp3) is 0.800. The van der Waals surface area contributed by atoms with Crippen LogP contribution in [0.5, 0.6) is 0 Å². The summed E-state index contributed by atoms with van der Waals surface area (Å²) in [6, 6.07) is 0.0238. The number of nitrogens with two attached hydrogens (primary N) is 1. The van der Waals surface area contributed by atoms with Crippen LogP contribution in [0.3, 0.4) is 0 Å². The molecule has 0 aliphatic rings. The fourth-order valence-corrected chi connectivity index (χ4v) is 0.407. The Kier molecular flexibility index (Phi) is 3.79. The number of nitrogens with zero attached hydrogens (tertiary/aromatic N) is 1. The van der Waals surface area contributed by atoms with E-state index in [0.29, 0.717) is 12.8 Å². The molecule has 0 aromatic heterocycles. The maximum atomic E-state index is 10.3. The lowest BCUT2D eigenvalue weighted by atomic mass is 10.2. The molecule has 4 heteroatoms. The van der Waals surface area contributed by atoms with Gasteiger partial charge < -0.3 is 5.73 Å². The molecule has 0 spiro atoms. The molecular weight excluding hydrogens is 118 g/mol. The molecule has 0 fully saturated rings. The quantitative estimate of drug-likeness (QED) is 0.549. The van der Waals surface area contributed by atoms with Gasteiger partial charge in [-0.05, 0) is 13.3 Å². The predicted molar refractivity (Wildman–Crippen MR) is 33.0 cm³/mol. The molecule has 0 radical (unpaired) electrons. The Balaban J connectivity index is 3.27. The Bertz CT molecular complexity index is 111. The standard InChI is InChI=1S/C5H11N3O/c1-4(6)2-3-5(9)8-7/h4,7H,2-3,6H2,1H3/t4-/m1/s1. The third-order valence-electron chi connectivity index (χ3n) is 0.938. The third-order valence-corrected chi connectivity index (χ3v) is 0.938. The molecule has 0 rings (SSSR count). The SMILES string of the molecule is C[C@@H](N)CCC(=O)N=N. The number of amides is 1. The van der Waals surface area contributed by atoms with Crippen molar-refractivity contribution in [2.45, 2.75) is 25.8 Å². The van der Waals surface area contributed by atoms with Crippen LogP contribution in [0.15, 0.2) is 5.11 Å². The summed E-state index contributed by atoms with van der Waals surface area (Å²) in [5.74, 6) is -0.396. The largest absolute Gasteiger partial charge is 0.328 e. The fourth-order valence-electron chi connectivity index (χ4n) is 0.407. The Morgan fingerprint density at radius 3 is 2.78 bits per heavy atom. The minimum Gasteiger partial charge on any atom is -0.328 e. The maximum absolute atomic E-state index is 10.3. The number of hydrogen-bond donors (Lipinski definition) is 2. The lowest BCUT2D eigenvalue weighted by Gasteiger charge is -1.98. The minimum atomic E-state index is -0.396. The molecule has 0 saturated carbocycles. The first-order valence-corrected chi connectivity index (χ1v) is 2.82. The Hall–Kier alpha value is -0.770. The first kappa shape index (κ1) is 8.23. The second-order valence-corrected chi connectivity index (χ2v) is 2.02. The van der Waals surface area contributed by atoms with E-state index in [1.807, 2.05) is 6.92 Å². The van der Waals surface area contributed by atoms with Gasteiger partial charge >= 0.3 is 0 Å². The van der Waals surface area contributed by atoms with Crippen LogP contribution in [-0.4, -0.2) is 11.9 Å². The second-order valence-electron chi connectivity index (χ2n) is 2.02. The van der Waals surface area contributed by atoms with Crippen LogP contribution in [-0.2, 0) is 4.79 Å². The molecule has 0 aliphatic heterocycles.